The molecule has 2 nitrogen and oxygen atoms in total. The Kier molecular flexibility index (Phi) is 2.74. The van der Waals surface area contributed by atoms with Gasteiger partial charge in [-0.15, -0.1) is 11.3 Å². The van der Waals surface area contributed by atoms with Gasteiger partial charge in [0.2, 0.25) is 0 Å². The van der Waals surface area contributed by atoms with E-state index in [1.54, 1.807) is 17.6 Å². The normalized spacial score (nSPS) is 21.2. The predicted molar refractivity (Wildman–Crippen MR) is 64.6 cm³/mol. The summed E-state index contributed by atoms with van der Waals surface area (Å²) < 4.78 is 5.28. The lowest BCUT2D eigenvalue weighted by Gasteiger charge is -2.17. The lowest BCUT2D eigenvalue weighted by Crippen LogP contribution is -2.06. The molecule has 0 spiro atoms. The molecule has 1 unspecified atom stereocenters. The lowest BCUT2D eigenvalue weighted by molar-refractivity contribution is 0.172. The average Bonchev–Trinajstić information content (AvgIpc) is 2.89. The Morgan fingerprint density at radius 1 is 1.25 bits per heavy atom. The van der Waals surface area contributed by atoms with Crippen molar-refractivity contribution < 1.29 is 9.84 Å². The maximum Gasteiger partial charge on any atom is 0.112 e. The standard InChI is InChI=1S/C13H16O2S/c14-13(10-4-2-6-15-8-10)12-7-9-3-1-5-11(9)16-12/h7-8,13-14H,1-6H2. The third-order valence-electron chi connectivity index (χ3n) is 3.35. The zero-order valence-corrected chi connectivity index (χ0v) is 10.1. The van der Waals surface area contributed by atoms with Crippen LogP contribution in [0.25, 0.3) is 0 Å². The Hall–Kier alpha value is -0.800. The average molecular weight is 236 g/mol. The second kappa shape index (κ2) is 4.22. The molecule has 86 valence electrons. The van der Waals surface area contributed by atoms with Crippen LogP contribution in [0, 0.1) is 0 Å². The fourth-order valence-electron chi connectivity index (χ4n) is 2.46. The smallest absolute Gasteiger partial charge is 0.112 e. The fourth-order valence-corrected chi connectivity index (χ4v) is 3.74. The zero-order chi connectivity index (χ0) is 11.0. The third-order valence-corrected chi connectivity index (χ3v) is 4.64. The number of aliphatic hydroxyl groups is 1. The molecule has 1 aliphatic heterocycles. The molecule has 3 rings (SSSR count). The van der Waals surface area contributed by atoms with Crippen molar-refractivity contribution in [2.45, 2.75) is 38.2 Å². The van der Waals surface area contributed by atoms with E-state index in [9.17, 15) is 5.11 Å². The minimum atomic E-state index is -0.434. The van der Waals surface area contributed by atoms with Crippen LogP contribution in [0.3, 0.4) is 0 Å². The number of thiophene rings is 1. The van der Waals surface area contributed by atoms with Gasteiger partial charge < -0.3 is 9.84 Å². The highest BCUT2D eigenvalue weighted by Gasteiger charge is 2.22. The summed E-state index contributed by atoms with van der Waals surface area (Å²) in [6.45, 7) is 0.789. The second-order valence-corrected chi connectivity index (χ2v) is 5.69. The van der Waals surface area contributed by atoms with Crippen molar-refractivity contribution in [3.63, 3.8) is 0 Å². The van der Waals surface area contributed by atoms with Crippen LogP contribution < -0.4 is 0 Å². The van der Waals surface area contributed by atoms with Crippen molar-refractivity contribution in [3.05, 3.63) is 33.2 Å². The number of hydrogen-bond acceptors (Lipinski definition) is 3. The summed E-state index contributed by atoms with van der Waals surface area (Å²) in [6, 6.07) is 2.19. The van der Waals surface area contributed by atoms with Crippen LogP contribution in [0.1, 0.15) is 40.7 Å². The SMILES string of the molecule is OC(C1=COCCC1)c1cc2c(s1)CCC2. The third kappa shape index (κ3) is 1.78. The van der Waals surface area contributed by atoms with Crippen LogP contribution >= 0.6 is 11.3 Å². The number of aryl methyl sites for hydroxylation is 2. The Bertz CT molecular complexity index is 398. The molecule has 0 radical (unpaired) electrons. The molecule has 0 aromatic carbocycles. The maximum absolute atomic E-state index is 10.3. The van der Waals surface area contributed by atoms with E-state index in [-0.39, 0.29) is 0 Å². The van der Waals surface area contributed by atoms with Crippen molar-refractivity contribution in [3.8, 4) is 0 Å². The van der Waals surface area contributed by atoms with Gasteiger partial charge in [0.05, 0.1) is 12.9 Å². The van der Waals surface area contributed by atoms with Gasteiger partial charge in [-0.2, -0.15) is 0 Å². The van der Waals surface area contributed by atoms with Crippen LogP contribution in [0.15, 0.2) is 17.9 Å². The van der Waals surface area contributed by atoms with Crippen LogP contribution in [0.2, 0.25) is 0 Å². The molecule has 1 aliphatic carbocycles. The van der Waals surface area contributed by atoms with Crippen LogP contribution in [-0.2, 0) is 17.6 Å². The molecule has 0 saturated heterocycles. The molecule has 0 fully saturated rings. The highest BCUT2D eigenvalue weighted by molar-refractivity contribution is 7.12. The Balaban J connectivity index is 1.83. The van der Waals surface area contributed by atoms with Gasteiger partial charge in [0.25, 0.3) is 0 Å². The second-order valence-electron chi connectivity index (χ2n) is 4.52. The highest BCUT2D eigenvalue weighted by Crippen LogP contribution is 2.37. The zero-order valence-electron chi connectivity index (χ0n) is 9.24. The van der Waals surface area contributed by atoms with Gasteiger partial charge in [0.1, 0.15) is 6.10 Å². The van der Waals surface area contributed by atoms with Gasteiger partial charge in [0.15, 0.2) is 0 Å². The van der Waals surface area contributed by atoms with E-state index in [4.69, 9.17) is 4.74 Å². The molecule has 1 atom stereocenters. The summed E-state index contributed by atoms with van der Waals surface area (Å²) in [7, 11) is 0. The first-order valence-corrected chi connectivity index (χ1v) is 6.76. The largest absolute Gasteiger partial charge is 0.501 e. The van der Waals surface area contributed by atoms with Gasteiger partial charge in [0, 0.05) is 9.75 Å². The van der Waals surface area contributed by atoms with E-state index in [0.717, 1.165) is 29.9 Å². The lowest BCUT2D eigenvalue weighted by atomic mass is 10.0. The highest BCUT2D eigenvalue weighted by atomic mass is 32.1. The van der Waals surface area contributed by atoms with Crippen LogP contribution in [0.5, 0.6) is 0 Å². The van der Waals surface area contributed by atoms with Crippen molar-refractivity contribution in [1.29, 1.82) is 0 Å². The summed E-state index contributed by atoms with van der Waals surface area (Å²) in [6.07, 6.45) is 6.96. The van der Waals surface area contributed by atoms with Crippen LogP contribution in [0.4, 0.5) is 0 Å². The fraction of sp³-hybridized carbons (Fsp3) is 0.538. The van der Waals surface area contributed by atoms with E-state index < -0.39 is 6.10 Å². The monoisotopic (exact) mass is 236 g/mol. The van der Waals surface area contributed by atoms with Gasteiger partial charge >= 0.3 is 0 Å². The molecular weight excluding hydrogens is 220 g/mol. The number of ether oxygens (including phenoxy) is 1. The van der Waals surface area contributed by atoms with Crippen molar-refractivity contribution in [2.24, 2.45) is 0 Å². The van der Waals surface area contributed by atoms with E-state index in [2.05, 4.69) is 6.07 Å². The Morgan fingerprint density at radius 2 is 2.19 bits per heavy atom. The van der Waals surface area contributed by atoms with Crippen molar-refractivity contribution in [1.82, 2.24) is 0 Å². The molecule has 2 aliphatic rings. The van der Waals surface area contributed by atoms with Gasteiger partial charge in [-0.1, -0.05) is 0 Å². The van der Waals surface area contributed by atoms with E-state index in [0.29, 0.717) is 0 Å². The Morgan fingerprint density at radius 3 is 2.94 bits per heavy atom. The molecular formula is C13H16O2S. The summed E-state index contributed by atoms with van der Waals surface area (Å²) in [4.78, 5) is 2.58. The molecule has 0 bridgehead atoms. The molecule has 0 saturated carbocycles. The number of aliphatic hydroxyl groups excluding tert-OH is 1. The number of rotatable bonds is 2. The molecule has 0 amide bonds. The van der Waals surface area contributed by atoms with Gasteiger partial charge in [-0.25, -0.2) is 0 Å². The van der Waals surface area contributed by atoms with Crippen molar-refractivity contribution in [2.75, 3.05) is 6.61 Å². The number of hydrogen-bond donors (Lipinski definition) is 1. The maximum atomic E-state index is 10.3. The predicted octanol–water partition coefficient (Wildman–Crippen LogP) is 2.96. The first-order chi connectivity index (χ1) is 7.84. The molecule has 3 heteroatoms. The van der Waals surface area contributed by atoms with Crippen LogP contribution in [-0.4, -0.2) is 11.7 Å². The number of fused-ring (bicyclic) bond motifs is 1. The minimum absolute atomic E-state index is 0.434. The topological polar surface area (TPSA) is 29.5 Å². The Labute approximate surface area is 99.6 Å². The van der Waals surface area contributed by atoms with E-state index in [1.807, 2.05) is 0 Å². The van der Waals surface area contributed by atoms with Crippen molar-refractivity contribution >= 4 is 11.3 Å². The molecule has 16 heavy (non-hydrogen) atoms. The summed E-state index contributed by atoms with van der Waals surface area (Å²) in [5.74, 6) is 0. The molecule has 1 aromatic heterocycles. The summed E-state index contributed by atoms with van der Waals surface area (Å²) in [5.41, 5.74) is 2.49. The molecule has 1 aromatic rings. The molecule has 1 N–H and O–H groups in total. The van der Waals surface area contributed by atoms with E-state index in [1.165, 1.54) is 29.7 Å². The minimum Gasteiger partial charge on any atom is -0.501 e. The first-order valence-electron chi connectivity index (χ1n) is 5.94. The van der Waals surface area contributed by atoms with Gasteiger partial charge in [-0.3, -0.25) is 0 Å². The summed E-state index contributed by atoms with van der Waals surface area (Å²) in [5, 5.41) is 10.3. The molecule has 2 heterocycles. The summed E-state index contributed by atoms with van der Waals surface area (Å²) >= 11 is 1.78. The van der Waals surface area contributed by atoms with Gasteiger partial charge in [-0.05, 0) is 49.3 Å². The quantitative estimate of drug-likeness (QED) is 0.855. The first kappa shape index (κ1) is 10.4. The van der Waals surface area contributed by atoms with E-state index >= 15 is 0 Å².